The number of nitrogens with zero attached hydrogens (tertiary/aromatic N) is 1. The van der Waals surface area contributed by atoms with E-state index >= 15 is 0 Å². The Morgan fingerprint density at radius 2 is 1.81 bits per heavy atom. The van der Waals surface area contributed by atoms with E-state index < -0.39 is 10.0 Å². The number of nitrogens with one attached hydrogen (secondary N) is 2. The summed E-state index contributed by atoms with van der Waals surface area (Å²) in [5.74, 6) is 0. The summed E-state index contributed by atoms with van der Waals surface area (Å²) < 4.78 is 27.9. The lowest BCUT2D eigenvalue weighted by Gasteiger charge is -2.28. The molecule has 6 heteroatoms. The minimum Gasteiger partial charge on any atom is -0.312 e. The van der Waals surface area contributed by atoms with Gasteiger partial charge in [-0.1, -0.05) is 30.3 Å². The Bertz CT molecular complexity index is 911. The van der Waals surface area contributed by atoms with E-state index in [-0.39, 0.29) is 0 Å². The van der Waals surface area contributed by atoms with E-state index in [0.29, 0.717) is 11.4 Å². The van der Waals surface area contributed by atoms with Crippen molar-refractivity contribution < 1.29 is 8.42 Å². The predicted molar refractivity (Wildman–Crippen MR) is 107 cm³/mol. The molecule has 0 spiro atoms. The Balaban J connectivity index is 1.29. The van der Waals surface area contributed by atoms with Gasteiger partial charge in [0.05, 0.1) is 4.90 Å². The van der Waals surface area contributed by atoms with Crippen LogP contribution in [0, 0.1) is 0 Å². The summed E-state index contributed by atoms with van der Waals surface area (Å²) in [5, 5.41) is 3.29. The van der Waals surface area contributed by atoms with Gasteiger partial charge in [0, 0.05) is 26.2 Å². The summed E-state index contributed by atoms with van der Waals surface area (Å²) in [6, 6.07) is 14.1. The molecule has 0 saturated heterocycles. The lowest BCUT2D eigenvalue weighted by atomic mass is 10.00. The molecule has 144 valence electrons. The van der Waals surface area contributed by atoms with E-state index in [1.807, 2.05) is 12.1 Å². The van der Waals surface area contributed by atoms with Crippen molar-refractivity contribution in [3.05, 3.63) is 64.7 Å². The quantitative estimate of drug-likeness (QED) is 0.748. The smallest absolute Gasteiger partial charge is 0.240 e. The molecule has 0 fully saturated rings. The first-order valence-electron chi connectivity index (χ1n) is 9.73. The Morgan fingerprint density at radius 1 is 1.00 bits per heavy atom. The maximum Gasteiger partial charge on any atom is 0.240 e. The first kappa shape index (κ1) is 18.6. The second-order valence-electron chi connectivity index (χ2n) is 7.40. The molecule has 5 nitrogen and oxygen atoms in total. The van der Waals surface area contributed by atoms with Gasteiger partial charge in [-0.05, 0) is 66.7 Å². The van der Waals surface area contributed by atoms with Crippen LogP contribution in [-0.2, 0) is 36.0 Å². The third-order valence-corrected chi connectivity index (χ3v) is 6.99. The van der Waals surface area contributed by atoms with E-state index in [1.54, 1.807) is 6.07 Å². The fourth-order valence-electron chi connectivity index (χ4n) is 3.96. The van der Waals surface area contributed by atoms with Crippen molar-refractivity contribution in [2.24, 2.45) is 0 Å². The molecule has 0 saturated carbocycles. The van der Waals surface area contributed by atoms with Crippen LogP contribution in [0.3, 0.4) is 0 Å². The zero-order valence-corrected chi connectivity index (χ0v) is 16.4. The maximum atomic E-state index is 12.6. The van der Waals surface area contributed by atoms with Crippen LogP contribution in [0.4, 0.5) is 0 Å². The zero-order chi connectivity index (χ0) is 18.7. The molecule has 2 aromatic rings. The lowest BCUT2D eigenvalue weighted by molar-refractivity contribution is 0.251. The SMILES string of the molecule is O=S(=O)(NCCCN1CCc2ccccc2C1)c1ccc2c(c1)CNCC2. The van der Waals surface area contributed by atoms with E-state index in [9.17, 15) is 8.42 Å². The molecule has 2 heterocycles. The van der Waals surface area contributed by atoms with Gasteiger partial charge in [0.2, 0.25) is 10.0 Å². The van der Waals surface area contributed by atoms with Gasteiger partial charge in [-0.3, -0.25) is 4.90 Å². The standard InChI is InChI=1S/C21H27N3O2S/c25-27(26,21-7-6-18-8-11-22-15-20(18)14-21)23-10-3-12-24-13-9-17-4-1-2-5-19(17)16-24/h1-2,4-7,14,22-23H,3,8-13,15-16H2. The molecule has 0 aliphatic carbocycles. The van der Waals surface area contributed by atoms with E-state index in [2.05, 4.69) is 39.2 Å². The number of sulfonamides is 1. The molecule has 0 radical (unpaired) electrons. The second-order valence-corrected chi connectivity index (χ2v) is 9.17. The topological polar surface area (TPSA) is 61.4 Å². The van der Waals surface area contributed by atoms with Crippen LogP contribution < -0.4 is 10.0 Å². The third kappa shape index (κ3) is 4.41. The number of fused-ring (bicyclic) bond motifs is 2. The van der Waals surface area contributed by atoms with Crippen LogP contribution in [-0.4, -0.2) is 39.5 Å². The van der Waals surface area contributed by atoms with Gasteiger partial charge in [-0.2, -0.15) is 0 Å². The summed E-state index contributed by atoms with van der Waals surface area (Å²) in [4.78, 5) is 2.78. The predicted octanol–water partition coefficient (Wildman–Crippen LogP) is 2.06. The molecule has 2 aliphatic heterocycles. The summed E-state index contributed by atoms with van der Waals surface area (Å²) in [6.07, 6.45) is 2.85. The summed E-state index contributed by atoms with van der Waals surface area (Å²) in [6.45, 7) is 5.08. The van der Waals surface area contributed by atoms with Crippen molar-refractivity contribution in [3.63, 3.8) is 0 Å². The van der Waals surface area contributed by atoms with Crippen molar-refractivity contribution >= 4 is 10.0 Å². The largest absolute Gasteiger partial charge is 0.312 e. The molecule has 2 aromatic carbocycles. The highest BCUT2D eigenvalue weighted by Crippen LogP contribution is 2.20. The number of hydrogen-bond donors (Lipinski definition) is 2. The van der Waals surface area contributed by atoms with E-state index in [0.717, 1.165) is 57.5 Å². The van der Waals surface area contributed by atoms with E-state index in [4.69, 9.17) is 0 Å². The van der Waals surface area contributed by atoms with Gasteiger partial charge in [-0.25, -0.2) is 13.1 Å². The van der Waals surface area contributed by atoms with Crippen LogP contribution in [0.5, 0.6) is 0 Å². The molecule has 0 unspecified atom stereocenters. The average molecular weight is 386 g/mol. The Morgan fingerprint density at radius 3 is 2.70 bits per heavy atom. The van der Waals surface area contributed by atoms with Crippen LogP contribution in [0.2, 0.25) is 0 Å². The third-order valence-electron chi connectivity index (χ3n) is 5.53. The normalized spacial score (nSPS) is 17.3. The molecule has 2 aliphatic rings. The highest BCUT2D eigenvalue weighted by Gasteiger charge is 2.18. The highest BCUT2D eigenvalue weighted by atomic mass is 32.2. The number of hydrogen-bond acceptors (Lipinski definition) is 4. The van der Waals surface area contributed by atoms with Crippen LogP contribution in [0.15, 0.2) is 47.4 Å². The average Bonchev–Trinajstić information content (AvgIpc) is 2.71. The Hall–Kier alpha value is -1.73. The van der Waals surface area contributed by atoms with Gasteiger partial charge in [0.25, 0.3) is 0 Å². The molecule has 2 N–H and O–H groups in total. The first-order chi connectivity index (χ1) is 13.1. The van der Waals surface area contributed by atoms with Gasteiger partial charge < -0.3 is 5.32 Å². The summed E-state index contributed by atoms with van der Waals surface area (Å²) >= 11 is 0. The number of benzene rings is 2. The molecule has 0 aromatic heterocycles. The monoisotopic (exact) mass is 385 g/mol. The van der Waals surface area contributed by atoms with Crippen molar-refractivity contribution in [3.8, 4) is 0 Å². The summed E-state index contributed by atoms with van der Waals surface area (Å²) in [7, 11) is -3.44. The van der Waals surface area contributed by atoms with Gasteiger partial charge in [0.1, 0.15) is 0 Å². The van der Waals surface area contributed by atoms with Crippen LogP contribution in [0.1, 0.15) is 28.7 Å². The minimum atomic E-state index is -3.44. The fourth-order valence-corrected chi connectivity index (χ4v) is 5.09. The fraction of sp³-hybridized carbons (Fsp3) is 0.429. The van der Waals surface area contributed by atoms with Crippen molar-refractivity contribution in [2.45, 2.75) is 37.2 Å². The second kappa shape index (κ2) is 8.10. The molecule has 27 heavy (non-hydrogen) atoms. The number of rotatable bonds is 6. The molecule has 0 bridgehead atoms. The maximum absolute atomic E-state index is 12.6. The Labute approximate surface area is 161 Å². The highest BCUT2D eigenvalue weighted by molar-refractivity contribution is 7.89. The Kier molecular flexibility index (Phi) is 5.59. The molecule has 0 amide bonds. The van der Waals surface area contributed by atoms with Gasteiger partial charge in [0.15, 0.2) is 0 Å². The molecule has 0 atom stereocenters. The molecular formula is C21H27N3O2S. The van der Waals surface area contributed by atoms with Crippen molar-refractivity contribution in [2.75, 3.05) is 26.2 Å². The zero-order valence-electron chi connectivity index (χ0n) is 15.6. The van der Waals surface area contributed by atoms with Crippen LogP contribution >= 0.6 is 0 Å². The first-order valence-corrected chi connectivity index (χ1v) is 11.2. The summed E-state index contributed by atoms with van der Waals surface area (Å²) in [5.41, 5.74) is 5.18. The van der Waals surface area contributed by atoms with Gasteiger partial charge >= 0.3 is 0 Å². The molecular weight excluding hydrogens is 358 g/mol. The minimum absolute atomic E-state index is 0.372. The van der Waals surface area contributed by atoms with Crippen LogP contribution in [0.25, 0.3) is 0 Å². The van der Waals surface area contributed by atoms with Gasteiger partial charge in [-0.15, -0.1) is 0 Å². The van der Waals surface area contributed by atoms with Crippen molar-refractivity contribution in [1.29, 1.82) is 0 Å². The van der Waals surface area contributed by atoms with E-state index in [1.165, 1.54) is 16.7 Å². The molecule has 4 rings (SSSR count). The lowest BCUT2D eigenvalue weighted by Crippen LogP contribution is -2.33. The van der Waals surface area contributed by atoms with Crippen molar-refractivity contribution in [1.82, 2.24) is 14.9 Å².